The van der Waals surface area contributed by atoms with Gasteiger partial charge in [-0.3, -0.25) is 19.3 Å². The van der Waals surface area contributed by atoms with Crippen molar-refractivity contribution in [2.75, 3.05) is 33.9 Å². The maximum absolute atomic E-state index is 12.5. The monoisotopic (exact) mass is 418 g/mol. The molecule has 0 unspecified atom stereocenters. The summed E-state index contributed by atoms with van der Waals surface area (Å²) in [6, 6.07) is 3.08. The van der Waals surface area contributed by atoms with Gasteiger partial charge in [0.2, 0.25) is 5.91 Å². The Bertz CT molecular complexity index is 769. The fourth-order valence-electron chi connectivity index (χ4n) is 2.17. The second kappa shape index (κ2) is 9.27. The van der Waals surface area contributed by atoms with Crippen LogP contribution in [0.25, 0.3) is 6.08 Å². The summed E-state index contributed by atoms with van der Waals surface area (Å²) in [5.74, 6) is -0.686. The predicted octanol–water partition coefficient (Wildman–Crippen LogP) is 2.80. The van der Waals surface area contributed by atoms with E-state index in [1.54, 1.807) is 6.07 Å². The highest BCUT2D eigenvalue weighted by Crippen LogP contribution is 2.37. The van der Waals surface area contributed by atoms with Crippen LogP contribution in [0.5, 0.6) is 5.75 Å². The number of halogens is 2. The van der Waals surface area contributed by atoms with Gasteiger partial charge in [-0.15, -0.1) is 0 Å². The number of thioether (sulfide) groups is 1. The molecule has 1 aromatic carbocycles. The number of hydrogen-bond acceptors (Lipinski definition) is 6. The molecule has 0 aliphatic carbocycles. The summed E-state index contributed by atoms with van der Waals surface area (Å²) < 4.78 is 10.0. The quantitative estimate of drug-likeness (QED) is 0.541. The Balaban J connectivity index is 2.18. The number of carbonyl (C=O) groups excluding carboxylic acids is 3. The fraction of sp³-hybridized carbons (Fsp3) is 0.312. The number of imide groups is 1. The van der Waals surface area contributed by atoms with Crippen LogP contribution in [-0.2, 0) is 14.3 Å². The Morgan fingerprint density at radius 2 is 2.04 bits per heavy atom. The number of nitrogens with one attached hydrogen (secondary N) is 1. The highest BCUT2D eigenvalue weighted by Gasteiger charge is 2.36. The van der Waals surface area contributed by atoms with Gasteiger partial charge in [-0.05, 0) is 30.0 Å². The Hall–Kier alpha value is -1.74. The van der Waals surface area contributed by atoms with Gasteiger partial charge in [0.15, 0.2) is 0 Å². The minimum absolute atomic E-state index is 0.149. The number of rotatable bonds is 7. The molecule has 1 heterocycles. The van der Waals surface area contributed by atoms with Crippen molar-refractivity contribution in [2.24, 2.45) is 0 Å². The molecule has 0 aromatic heterocycles. The lowest BCUT2D eigenvalue weighted by molar-refractivity contribution is -0.129. The standard InChI is InChI=1S/C16H16Cl2N2O5S/c1-24-4-3-19-13(21)8-20-15(22)12(26-16(20)23)6-9-5-10(17)7-11(18)14(9)25-2/h5-7H,3-4,8H2,1-2H3,(H,19,21)/b12-6-. The molecule has 26 heavy (non-hydrogen) atoms. The van der Waals surface area contributed by atoms with Gasteiger partial charge in [-0.25, -0.2) is 0 Å². The minimum Gasteiger partial charge on any atom is -0.495 e. The minimum atomic E-state index is -0.569. The molecule has 3 amide bonds. The first-order valence-electron chi connectivity index (χ1n) is 7.41. The number of benzene rings is 1. The number of amides is 3. The van der Waals surface area contributed by atoms with E-state index in [2.05, 4.69) is 5.32 Å². The van der Waals surface area contributed by atoms with Crippen molar-refractivity contribution in [3.05, 3.63) is 32.6 Å². The summed E-state index contributed by atoms with van der Waals surface area (Å²) in [6.45, 7) is 0.265. The summed E-state index contributed by atoms with van der Waals surface area (Å²) in [7, 11) is 2.94. The molecule has 1 saturated heterocycles. The van der Waals surface area contributed by atoms with Gasteiger partial charge in [0.25, 0.3) is 11.1 Å². The van der Waals surface area contributed by atoms with Crippen LogP contribution in [0.4, 0.5) is 4.79 Å². The zero-order valence-corrected chi connectivity index (χ0v) is 16.3. The van der Waals surface area contributed by atoms with Crippen molar-refractivity contribution >= 4 is 58.1 Å². The molecule has 1 N–H and O–H groups in total. The molecule has 0 atom stereocenters. The number of nitrogens with zero attached hydrogens (tertiary/aromatic N) is 1. The second-order valence-electron chi connectivity index (χ2n) is 5.12. The summed E-state index contributed by atoms with van der Waals surface area (Å²) in [4.78, 5) is 37.4. The zero-order chi connectivity index (χ0) is 19.3. The molecule has 140 valence electrons. The molecular formula is C16H16Cl2N2O5S. The zero-order valence-electron chi connectivity index (χ0n) is 14.0. The van der Waals surface area contributed by atoms with E-state index in [0.29, 0.717) is 29.5 Å². The molecule has 1 aliphatic rings. The summed E-state index contributed by atoms with van der Waals surface area (Å²) in [5.41, 5.74) is 0.458. The lowest BCUT2D eigenvalue weighted by Crippen LogP contribution is -2.40. The third kappa shape index (κ3) is 4.91. The number of ether oxygens (including phenoxy) is 2. The number of methoxy groups -OCH3 is 2. The van der Waals surface area contributed by atoms with Crippen LogP contribution < -0.4 is 10.1 Å². The molecule has 0 saturated carbocycles. The molecule has 1 fully saturated rings. The van der Waals surface area contributed by atoms with E-state index < -0.39 is 17.1 Å². The van der Waals surface area contributed by atoms with Crippen molar-refractivity contribution in [1.82, 2.24) is 10.2 Å². The van der Waals surface area contributed by atoms with Gasteiger partial charge in [0.05, 0.1) is 23.6 Å². The van der Waals surface area contributed by atoms with E-state index in [9.17, 15) is 14.4 Å². The van der Waals surface area contributed by atoms with E-state index in [-0.39, 0.29) is 16.5 Å². The average molecular weight is 419 g/mol. The normalized spacial score (nSPS) is 15.7. The van der Waals surface area contributed by atoms with Crippen LogP contribution in [0.1, 0.15) is 5.56 Å². The smallest absolute Gasteiger partial charge is 0.294 e. The van der Waals surface area contributed by atoms with E-state index in [1.807, 2.05) is 0 Å². The summed E-state index contributed by atoms with van der Waals surface area (Å²) in [5, 5.41) is 2.66. The molecule has 7 nitrogen and oxygen atoms in total. The van der Waals surface area contributed by atoms with E-state index in [4.69, 9.17) is 32.7 Å². The molecular weight excluding hydrogens is 403 g/mol. The third-order valence-corrected chi connectivity index (χ3v) is 4.74. The van der Waals surface area contributed by atoms with Crippen LogP contribution in [0, 0.1) is 0 Å². The first kappa shape index (κ1) is 20.6. The van der Waals surface area contributed by atoms with E-state index in [0.717, 1.165) is 16.7 Å². The lowest BCUT2D eigenvalue weighted by Gasteiger charge is -2.12. The van der Waals surface area contributed by atoms with Crippen molar-refractivity contribution in [2.45, 2.75) is 0 Å². The Labute approximate surface area is 164 Å². The third-order valence-electron chi connectivity index (χ3n) is 3.33. The first-order valence-corrected chi connectivity index (χ1v) is 8.98. The molecule has 0 bridgehead atoms. The first-order chi connectivity index (χ1) is 12.4. The maximum Gasteiger partial charge on any atom is 0.294 e. The van der Waals surface area contributed by atoms with E-state index >= 15 is 0 Å². The largest absolute Gasteiger partial charge is 0.495 e. The molecule has 10 heteroatoms. The molecule has 2 rings (SSSR count). The number of hydrogen-bond donors (Lipinski definition) is 1. The van der Waals surface area contributed by atoms with Crippen LogP contribution in [0.2, 0.25) is 10.0 Å². The van der Waals surface area contributed by atoms with Gasteiger partial charge < -0.3 is 14.8 Å². The highest BCUT2D eigenvalue weighted by atomic mass is 35.5. The van der Waals surface area contributed by atoms with Crippen LogP contribution in [0.3, 0.4) is 0 Å². The molecule has 1 aromatic rings. The van der Waals surface area contributed by atoms with Crippen molar-refractivity contribution < 1.29 is 23.9 Å². The predicted molar refractivity (Wildman–Crippen MR) is 101 cm³/mol. The maximum atomic E-state index is 12.5. The number of carbonyl (C=O) groups is 3. The highest BCUT2D eigenvalue weighted by molar-refractivity contribution is 8.18. The Morgan fingerprint density at radius 3 is 2.69 bits per heavy atom. The summed E-state index contributed by atoms with van der Waals surface area (Å²) in [6.07, 6.45) is 1.46. The van der Waals surface area contributed by atoms with Crippen molar-refractivity contribution in [3.63, 3.8) is 0 Å². The fourth-order valence-corrected chi connectivity index (χ4v) is 3.59. The van der Waals surface area contributed by atoms with Gasteiger partial charge in [0.1, 0.15) is 12.3 Å². The van der Waals surface area contributed by atoms with Crippen molar-refractivity contribution in [3.8, 4) is 5.75 Å². The SMILES string of the molecule is COCCNC(=O)CN1C(=O)S/C(=C\c2cc(Cl)cc(Cl)c2OC)C1=O. The average Bonchev–Trinajstić information content (AvgIpc) is 2.82. The Morgan fingerprint density at radius 1 is 1.31 bits per heavy atom. The molecule has 0 radical (unpaired) electrons. The summed E-state index contributed by atoms with van der Waals surface area (Å²) >= 11 is 12.8. The van der Waals surface area contributed by atoms with Crippen molar-refractivity contribution in [1.29, 1.82) is 0 Å². The van der Waals surface area contributed by atoms with Gasteiger partial charge in [0, 0.05) is 24.2 Å². The van der Waals surface area contributed by atoms with Crippen LogP contribution in [-0.4, -0.2) is 55.9 Å². The van der Waals surface area contributed by atoms with E-state index in [1.165, 1.54) is 26.4 Å². The van der Waals surface area contributed by atoms with Crippen LogP contribution in [0.15, 0.2) is 17.0 Å². The molecule has 1 aliphatic heterocycles. The van der Waals surface area contributed by atoms with Gasteiger partial charge in [-0.1, -0.05) is 23.2 Å². The second-order valence-corrected chi connectivity index (χ2v) is 6.96. The van der Waals surface area contributed by atoms with Gasteiger partial charge in [-0.2, -0.15) is 0 Å². The Kier molecular flexibility index (Phi) is 7.33. The molecule has 0 spiro atoms. The van der Waals surface area contributed by atoms with Crippen LogP contribution >= 0.6 is 35.0 Å². The topological polar surface area (TPSA) is 84.9 Å². The van der Waals surface area contributed by atoms with Gasteiger partial charge >= 0.3 is 0 Å². The lowest BCUT2D eigenvalue weighted by atomic mass is 10.2.